The molecule has 1 aromatic carbocycles. The number of carboxylic acids is 1. The highest BCUT2D eigenvalue weighted by atomic mass is 16.4. The van der Waals surface area contributed by atoms with Crippen LogP contribution in [0.3, 0.4) is 0 Å². The van der Waals surface area contributed by atoms with Gasteiger partial charge in [-0.1, -0.05) is 6.92 Å². The molecule has 1 aliphatic heterocycles. The van der Waals surface area contributed by atoms with E-state index in [-0.39, 0.29) is 5.54 Å². The van der Waals surface area contributed by atoms with Gasteiger partial charge in [0.25, 0.3) is 0 Å². The van der Waals surface area contributed by atoms with Crippen LogP contribution in [0.4, 0.5) is 5.69 Å². The van der Waals surface area contributed by atoms with Gasteiger partial charge in [-0.3, -0.25) is 0 Å². The Bertz CT molecular complexity index is 465. The van der Waals surface area contributed by atoms with Crippen LogP contribution < -0.4 is 4.90 Å². The van der Waals surface area contributed by atoms with Gasteiger partial charge < -0.3 is 10.0 Å². The first-order valence-electron chi connectivity index (χ1n) is 5.94. The Hall–Kier alpha value is -1.51. The van der Waals surface area contributed by atoms with E-state index in [0.29, 0.717) is 11.5 Å². The number of nitrogens with zero attached hydrogens (tertiary/aromatic N) is 1. The number of anilines is 1. The van der Waals surface area contributed by atoms with E-state index in [0.717, 1.165) is 17.7 Å². The quantitative estimate of drug-likeness (QED) is 0.810. The zero-order valence-electron chi connectivity index (χ0n) is 10.8. The zero-order valence-corrected chi connectivity index (χ0v) is 10.8. The first-order chi connectivity index (χ1) is 7.83. The topological polar surface area (TPSA) is 40.5 Å². The monoisotopic (exact) mass is 233 g/mol. The van der Waals surface area contributed by atoms with Gasteiger partial charge in [0.15, 0.2) is 0 Å². The number of hydrogen-bond donors (Lipinski definition) is 1. The van der Waals surface area contributed by atoms with Crippen LogP contribution in [0.1, 0.15) is 49.0 Å². The zero-order chi connectivity index (χ0) is 12.8. The molecule has 1 heterocycles. The molecule has 0 saturated heterocycles. The Labute approximate surface area is 102 Å². The first-order valence-corrected chi connectivity index (χ1v) is 5.94. The summed E-state index contributed by atoms with van der Waals surface area (Å²) in [6, 6.07) is 5.43. The lowest BCUT2D eigenvalue weighted by molar-refractivity contribution is 0.0696. The Morgan fingerprint density at radius 3 is 2.71 bits per heavy atom. The minimum Gasteiger partial charge on any atom is -0.478 e. The third-order valence-corrected chi connectivity index (χ3v) is 3.88. The average molecular weight is 233 g/mol. The standard InChI is InChI=1S/C14H19NO2/c1-9-8-14(2,3)15(4)12-6-5-10(13(16)17)7-11(9)12/h5-7,9H,8H2,1-4H3,(H,16,17)/t9-/m1/s1. The molecule has 2 rings (SSSR count). The van der Waals surface area contributed by atoms with Crippen LogP contribution in [0.25, 0.3) is 0 Å². The molecule has 0 amide bonds. The molecule has 17 heavy (non-hydrogen) atoms. The summed E-state index contributed by atoms with van der Waals surface area (Å²) in [5, 5.41) is 9.03. The van der Waals surface area contributed by atoms with Crippen LogP contribution in [-0.4, -0.2) is 23.7 Å². The van der Waals surface area contributed by atoms with Crippen molar-refractivity contribution in [1.29, 1.82) is 0 Å². The molecule has 1 aromatic rings. The number of carbonyl (C=O) groups is 1. The van der Waals surface area contributed by atoms with Gasteiger partial charge in [-0.15, -0.1) is 0 Å². The van der Waals surface area contributed by atoms with E-state index in [9.17, 15) is 4.79 Å². The highest BCUT2D eigenvalue weighted by Crippen LogP contribution is 2.42. The largest absolute Gasteiger partial charge is 0.478 e. The molecule has 0 unspecified atom stereocenters. The van der Waals surface area contributed by atoms with Gasteiger partial charge in [0.1, 0.15) is 0 Å². The van der Waals surface area contributed by atoms with Crippen molar-refractivity contribution in [1.82, 2.24) is 0 Å². The molecular formula is C14H19NO2. The number of rotatable bonds is 1. The fourth-order valence-corrected chi connectivity index (χ4v) is 2.71. The maximum Gasteiger partial charge on any atom is 0.335 e. The Morgan fingerprint density at radius 1 is 1.47 bits per heavy atom. The molecule has 3 heteroatoms. The summed E-state index contributed by atoms with van der Waals surface area (Å²) in [6.45, 7) is 6.61. The first kappa shape index (κ1) is 12.0. The van der Waals surface area contributed by atoms with Crippen LogP contribution in [-0.2, 0) is 0 Å². The molecule has 0 bridgehead atoms. The molecular weight excluding hydrogens is 214 g/mol. The van der Waals surface area contributed by atoms with E-state index in [2.05, 4.69) is 32.7 Å². The summed E-state index contributed by atoms with van der Waals surface area (Å²) in [4.78, 5) is 13.2. The number of aromatic carboxylic acids is 1. The summed E-state index contributed by atoms with van der Waals surface area (Å²) < 4.78 is 0. The van der Waals surface area contributed by atoms with Crippen molar-refractivity contribution in [2.45, 2.75) is 38.6 Å². The second-order valence-electron chi connectivity index (χ2n) is 5.56. The molecule has 1 aliphatic rings. The molecule has 92 valence electrons. The molecule has 0 spiro atoms. The van der Waals surface area contributed by atoms with E-state index in [1.807, 2.05) is 12.1 Å². The van der Waals surface area contributed by atoms with Crippen molar-refractivity contribution in [2.75, 3.05) is 11.9 Å². The summed E-state index contributed by atoms with van der Waals surface area (Å²) in [7, 11) is 2.07. The number of benzene rings is 1. The van der Waals surface area contributed by atoms with Gasteiger partial charge in [0, 0.05) is 18.3 Å². The Morgan fingerprint density at radius 2 is 2.12 bits per heavy atom. The van der Waals surface area contributed by atoms with Crippen molar-refractivity contribution in [3.05, 3.63) is 29.3 Å². The van der Waals surface area contributed by atoms with Gasteiger partial charge in [0.05, 0.1) is 5.56 Å². The molecule has 3 nitrogen and oxygen atoms in total. The maximum atomic E-state index is 11.0. The molecule has 0 saturated carbocycles. The molecule has 0 fully saturated rings. The average Bonchev–Trinajstić information content (AvgIpc) is 2.25. The SMILES string of the molecule is C[C@@H]1CC(C)(C)N(C)c2ccc(C(=O)O)cc21. The highest BCUT2D eigenvalue weighted by Gasteiger charge is 2.34. The molecule has 0 aliphatic carbocycles. The number of carboxylic acid groups (broad SMARTS) is 1. The van der Waals surface area contributed by atoms with Crippen molar-refractivity contribution < 1.29 is 9.90 Å². The maximum absolute atomic E-state index is 11.0. The van der Waals surface area contributed by atoms with Crippen molar-refractivity contribution in [3.8, 4) is 0 Å². The van der Waals surface area contributed by atoms with Gasteiger partial charge in [0.2, 0.25) is 0 Å². The second kappa shape index (κ2) is 3.76. The lowest BCUT2D eigenvalue weighted by atomic mass is 9.80. The molecule has 1 atom stereocenters. The van der Waals surface area contributed by atoms with Crippen LogP contribution in [0.5, 0.6) is 0 Å². The van der Waals surface area contributed by atoms with Crippen molar-refractivity contribution >= 4 is 11.7 Å². The smallest absolute Gasteiger partial charge is 0.335 e. The van der Waals surface area contributed by atoms with Crippen LogP contribution in [0, 0.1) is 0 Å². The van der Waals surface area contributed by atoms with Gasteiger partial charge in [-0.05, 0) is 49.9 Å². The van der Waals surface area contributed by atoms with Crippen LogP contribution >= 0.6 is 0 Å². The number of hydrogen-bond acceptors (Lipinski definition) is 2. The summed E-state index contributed by atoms with van der Waals surface area (Å²) in [6.07, 6.45) is 1.04. The minimum absolute atomic E-state index is 0.122. The minimum atomic E-state index is -0.854. The van der Waals surface area contributed by atoms with E-state index in [1.54, 1.807) is 6.07 Å². The summed E-state index contributed by atoms with van der Waals surface area (Å²) in [5.74, 6) is -0.456. The van der Waals surface area contributed by atoms with Gasteiger partial charge in [-0.2, -0.15) is 0 Å². The molecule has 0 radical (unpaired) electrons. The third-order valence-electron chi connectivity index (χ3n) is 3.88. The van der Waals surface area contributed by atoms with Gasteiger partial charge in [-0.25, -0.2) is 4.79 Å². The van der Waals surface area contributed by atoms with Crippen molar-refractivity contribution in [3.63, 3.8) is 0 Å². The Balaban J connectivity index is 2.53. The molecule has 0 aromatic heterocycles. The normalized spacial score (nSPS) is 22.1. The van der Waals surface area contributed by atoms with Crippen LogP contribution in [0.15, 0.2) is 18.2 Å². The summed E-state index contributed by atoms with van der Waals surface area (Å²) in [5.41, 5.74) is 2.80. The fraction of sp³-hybridized carbons (Fsp3) is 0.500. The van der Waals surface area contributed by atoms with E-state index >= 15 is 0 Å². The second-order valence-corrected chi connectivity index (χ2v) is 5.56. The van der Waals surface area contributed by atoms with E-state index in [1.165, 1.54) is 0 Å². The predicted molar refractivity (Wildman–Crippen MR) is 68.9 cm³/mol. The van der Waals surface area contributed by atoms with E-state index < -0.39 is 5.97 Å². The van der Waals surface area contributed by atoms with Gasteiger partial charge >= 0.3 is 5.97 Å². The fourth-order valence-electron chi connectivity index (χ4n) is 2.71. The highest BCUT2D eigenvalue weighted by molar-refractivity contribution is 5.88. The third kappa shape index (κ3) is 1.90. The van der Waals surface area contributed by atoms with E-state index in [4.69, 9.17) is 5.11 Å². The van der Waals surface area contributed by atoms with Crippen molar-refractivity contribution in [2.24, 2.45) is 0 Å². The number of fused-ring (bicyclic) bond motifs is 1. The molecule has 1 N–H and O–H groups in total. The lowest BCUT2D eigenvalue weighted by Crippen LogP contribution is -2.45. The predicted octanol–water partition coefficient (Wildman–Crippen LogP) is 3.11. The Kier molecular flexibility index (Phi) is 2.64. The van der Waals surface area contributed by atoms with Crippen LogP contribution in [0.2, 0.25) is 0 Å². The summed E-state index contributed by atoms with van der Waals surface area (Å²) >= 11 is 0. The lowest BCUT2D eigenvalue weighted by Gasteiger charge is -2.45.